The predicted octanol–water partition coefficient (Wildman–Crippen LogP) is 0.152. The monoisotopic (exact) mass is 301 g/mol. The number of nitrogens with zero attached hydrogens (tertiary/aromatic N) is 2. The maximum Gasteiger partial charge on any atom is 0.263 e. The van der Waals surface area contributed by atoms with Crippen molar-refractivity contribution in [2.24, 2.45) is 0 Å². The molecule has 1 aliphatic heterocycles. The predicted molar refractivity (Wildman–Crippen MR) is 70.5 cm³/mol. The van der Waals surface area contributed by atoms with E-state index < -0.39 is 10.0 Å². The first-order chi connectivity index (χ1) is 9.55. The Bertz CT molecular complexity index is 598. The third-order valence-electron chi connectivity index (χ3n) is 4.18. The van der Waals surface area contributed by atoms with Crippen molar-refractivity contribution in [3.8, 4) is 0 Å². The van der Waals surface area contributed by atoms with Crippen LogP contribution in [0.4, 0.5) is 0 Å². The van der Waals surface area contributed by atoms with Crippen LogP contribution in [0.3, 0.4) is 0 Å². The lowest BCUT2D eigenvalue weighted by Gasteiger charge is -2.36. The quantitative estimate of drug-likeness (QED) is 0.828. The molecule has 112 valence electrons. The topological polar surface area (TPSA) is 95.5 Å². The van der Waals surface area contributed by atoms with Crippen LogP contribution >= 0.6 is 0 Å². The van der Waals surface area contributed by atoms with Gasteiger partial charge in [0.25, 0.3) is 10.0 Å². The largest absolute Gasteiger partial charge is 0.392 e. The summed E-state index contributed by atoms with van der Waals surface area (Å²) in [5, 5.41) is 15.9. The smallest absolute Gasteiger partial charge is 0.263 e. The molecule has 1 saturated heterocycles. The average Bonchev–Trinajstić information content (AvgIpc) is 3.03. The van der Waals surface area contributed by atoms with Gasteiger partial charge in [-0.2, -0.15) is 9.40 Å². The maximum absolute atomic E-state index is 12.8. The molecule has 2 unspecified atom stereocenters. The summed E-state index contributed by atoms with van der Waals surface area (Å²) in [6.07, 6.45) is 2.70. The summed E-state index contributed by atoms with van der Waals surface area (Å²) in [4.78, 5) is 0. The lowest BCUT2D eigenvalue weighted by molar-refractivity contribution is -0.0242. The van der Waals surface area contributed by atoms with E-state index in [1.54, 1.807) is 6.92 Å². The van der Waals surface area contributed by atoms with Crippen LogP contribution in [-0.2, 0) is 21.4 Å². The lowest BCUT2D eigenvalue weighted by Crippen LogP contribution is -2.51. The van der Waals surface area contributed by atoms with Gasteiger partial charge in [-0.25, -0.2) is 8.42 Å². The molecule has 8 heteroatoms. The van der Waals surface area contributed by atoms with E-state index in [-0.39, 0.29) is 23.8 Å². The summed E-state index contributed by atoms with van der Waals surface area (Å²) in [6, 6.07) is -0.0997. The molecule has 2 fully saturated rings. The molecule has 20 heavy (non-hydrogen) atoms. The third-order valence-corrected chi connectivity index (χ3v) is 6.08. The van der Waals surface area contributed by atoms with Gasteiger partial charge in [-0.1, -0.05) is 0 Å². The Balaban J connectivity index is 1.98. The minimum atomic E-state index is -3.69. The molecule has 7 nitrogen and oxygen atoms in total. The maximum atomic E-state index is 12.8. The number of aromatic amines is 1. The SMILES string of the molecule is Cc1[nH]nc(S(=O)(=O)N2CCOC3CCCC32)c1CO. The van der Waals surface area contributed by atoms with Crippen molar-refractivity contribution in [1.82, 2.24) is 14.5 Å². The van der Waals surface area contributed by atoms with E-state index in [0.29, 0.717) is 24.4 Å². The summed E-state index contributed by atoms with van der Waals surface area (Å²) < 4.78 is 32.7. The summed E-state index contributed by atoms with van der Waals surface area (Å²) in [6.45, 7) is 2.13. The molecule has 1 aromatic rings. The summed E-state index contributed by atoms with van der Waals surface area (Å²) >= 11 is 0. The van der Waals surface area contributed by atoms with E-state index in [0.717, 1.165) is 19.3 Å². The zero-order valence-electron chi connectivity index (χ0n) is 11.4. The molecule has 0 amide bonds. The Morgan fingerprint density at radius 3 is 3.05 bits per heavy atom. The average molecular weight is 301 g/mol. The van der Waals surface area contributed by atoms with Gasteiger partial charge >= 0.3 is 0 Å². The number of rotatable bonds is 3. The number of nitrogens with one attached hydrogen (secondary N) is 1. The van der Waals surface area contributed by atoms with Crippen LogP contribution in [0.5, 0.6) is 0 Å². The van der Waals surface area contributed by atoms with Crippen molar-refractivity contribution >= 4 is 10.0 Å². The highest BCUT2D eigenvalue weighted by molar-refractivity contribution is 7.89. The molecule has 1 aromatic heterocycles. The number of aromatic nitrogens is 2. The molecule has 0 aromatic carbocycles. The Kier molecular flexibility index (Phi) is 3.57. The Hall–Kier alpha value is -0.960. The fourth-order valence-electron chi connectivity index (χ4n) is 3.13. The molecule has 0 spiro atoms. The Morgan fingerprint density at radius 1 is 1.50 bits per heavy atom. The zero-order chi connectivity index (χ0) is 14.3. The fraction of sp³-hybridized carbons (Fsp3) is 0.750. The van der Waals surface area contributed by atoms with Crippen molar-refractivity contribution in [3.63, 3.8) is 0 Å². The number of ether oxygens (including phenoxy) is 1. The van der Waals surface area contributed by atoms with Gasteiger partial charge in [-0.3, -0.25) is 5.10 Å². The number of fused-ring (bicyclic) bond motifs is 1. The first kappa shape index (κ1) is 14.0. The number of hydrogen-bond acceptors (Lipinski definition) is 5. The number of hydrogen-bond donors (Lipinski definition) is 2. The van der Waals surface area contributed by atoms with Crippen LogP contribution < -0.4 is 0 Å². The summed E-state index contributed by atoms with van der Waals surface area (Å²) in [5.74, 6) is 0. The van der Waals surface area contributed by atoms with Gasteiger partial charge in [-0.15, -0.1) is 0 Å². The van der Waals surface area contributed by atoms with Gasteiger partial charge in [0.1, 0.15) is 0 Å². The number of aliphatic hydroxyl groups excluding tert-OH is 1. The first-order valence-electron chi connectivity index (χ1n) is 6.84. The highest BCUT2D eigenvalue weighted by Crippen LogP contribution is 2.33. The van der Waals surface area contributed by atoms with Crippen LogP contribution in [0.25, 0.3) is 0 Å². The number of aliphatic hydroxyl groups is 1. The fourth-order valence-corrected chi connectivity index (χ4v) is 4.95. The molecule has 0 radical (unpaired) electrons. The molecule has 1 saturated carbocycles. The molecule has 3 rings (SSSR count). The van der Waals surface area contributed by atoms with Gasteiger partial charge in [0, 0.05) is 17.8 Å². The second kappa shape index (κ2) is 5.10. The van der Waals surface area contributed by atoms with Crippen molar-refractivity contribution in [1.29, 1.82) is 0 Å². The van der Waals surface area contributed by atoms with E-state index in [2.05, 4.69) is 10.2 Å². The molecular formula is C12H19N3O4S. The minimum Gasteiger partial charge on any atom is -0.392 e. The lowest BCUT2D eigenvalue weighted by atomic mass is 10.2. The van der Waals surface area contributed by atoms with Crippen molar-refractivity contribution in [2.75, 3.05) is 13.2 Å². The molecule has 0 bridgehead atoms. The van der Waals surface area contributed by atoms with E-state index in [1.165, 1.54) is 4.31 Å². The van der Waals surface area contributed by atoms with Gasteiger partial charge in [0.05, 0.1) is 25.4 Å². The van der Waals surface area contributed by atoms with Gasteiger partial charge < -0.3 is 9.84 Å². The standard InChI is InChI=1S/C12H19N3O4S/c1-8-9(7-16)12(14-13-8)20(17,18)15-5-6-19-11-4-2-3-10(11)15/h10-11,16H,2-7H2,1H3,(H,13,14). The molecule has 1 aliphatic carbocycles. The molecule has 2 atom stereocenters. The van der Waals surface area contributed by atoms with Crippen molar-refractivity contribution in [3.05, 3.63) is 11.3 Å². The normalized spacial score (nSPS) is 27.7. The number of sulfonamides is 1. The van der Waals surface area contributed by atoms with E-state index >= 15 is 0 Å². The highest BCUT2D eigenvalue weighted by atomic mass is 32.2. The summed E-state index contributed by atoms with van der Waals surface area (Å²) in [5.41, 5.74) is 0.938. The molecule has 2 N–H and O–H groups in total. The van der Waals surface area contributed by atoms with Gasteiger partial charge in [-0.05, 0) is 26.2 Å². The van der Waals surface area contributed by atoms with Crippen LogP contribution in [0.1, 0.15) is 30.5 Å². The third kappa shape index (κ3) is 2.07. The molecule has 2 aliphatic rings. The number of morpholine rings is 1. The van der Waals surface area contributed by atoms with Crippen LogP contribution in [0.15, 0.2) is 5.03 Å². The van der Waals surface area contributed by atoms with Crippen LogP contribution in [0, 0.1) is 6.92 Å². The van der Waals surface area contributed by atoms with E-state index in [9.17, 15) is 13.5 Å². The highest BCUT2D eigenvalue weighted by Gasteiger charge is 2.43. The second-order valence-corrected chi connectivity index (χ2v) is 7.12. The zero-order valence-corrected chi connectivity index (χ0v) is 12.2. The van der Waals surface area contributed by atoms with Crippen molar-refractivity contribution in [2.45, 2.75) is 50.0 Å². The first-order valence-corrected chi connectivity index (χ1v) is 8.28. The van der Waals surface area contributed by atoms with E-state index in [4.69, 9.17) is 4.74 Å². The Morgan fingerprint density at radius 2 is 2.30 bits per heavy atom. The number of H-pyrrole nitrogens is 1. The van der Waals surface area contributed by atoms with Crippen LogP contribution in [-0.4, -0.2) is 53.3 Å². The Labute approximate surface area is 118 Å². The second-order valence-electron chi connectivity index (χ2n) is 5.31. The van der Waals surface area contributed by atoms with Gasteiger partial charge in [0.15, 0.2) is 5.03 Å². The number of aryl methyl sites for hydroxylation is 1. The van der Waals surface area contributed by atoms with Crippen LogP contribution in [0.2, 0.25) is 0 Å². The van der Waals surface area contributed by atoms with E-state index in [1.807, 2.05) is 0 Å². The minimum absolute atomic E-state index is 0.00357. The molecule has 2 heterocycles. The molecular weight excluding hydrogens is 282 g/mol. The summed E-state index contributed by atoms with van der Waals surface area (Å²) in [7, 11) is -3.69. The van der Waals surface area contributed by atoms with Gasteiger partial charge in [0.2, 0.25) is 0 Å². The van der Waals surface area contributed by atoms with Crippen molar-refractivity contribution < 1.29 is 18.3 Å².